The summed E-state index contributed by atoms with van der Waals surface area (Å²) in [5, 5.41) is 0. The first kappa shape index (κ1) is 13.9. The van der Waals surface area contributed by atoms with E-state index in [2.05, 4.69) is 30.7 Å². The van der Waals surface area contributed by atoms with Crippen LogP contribution in [-0.2, 0) is 0 Å². The molecule has 0 amide bonds. The van der Waals surface area contributed by atoms with Gasteiger partial charge in [-0.2, -0.15) is 0 Å². The zero-order valence-corrected chi connectivity index (χ0v) is 12.0. The van der Waals surface area contributed by atoms with Gasteiger partial charge in [-0.25, -0.2) is 4.98 Å². The molecule has 1 aromatic heterocycles. The molecule has 2 unspecified atom stereocenters. The van der Waals surface area contributed by atoms with Crippen LogP contribution in [0.25, 0.3) is 0 Å². The topological polar surface area (TPSA) is 64.2 Å². The second kappa shape index (κ2) is 5.23. The Labute approximate surface area is 113 Å². The van der Waals surface area contributed by atoms with E-state index in [1.165, 1.54) is 19.9 Å². The van der Waals surface area contributed by atoms with Crippen molar-refractivity contribution in [3.8, 4) is 11.6 Å². The van der Waals surface area contributed by atoms with Crippen LogP contribution in [0.2, 0.25) is 0 Å². The maximum absolute atomic E-state index is 11.6. The van der Waals surface area contributed by atoms with Gasteiger partial charge in [0.05, 0.1) is 13.4 Å². The van der Waals surface area contributed by atoms with Gasteiger partial charge in [-0.3, -0.25) is 4.79 Å². The molecule has 1 saturated carbocycles. The molecule has 1 heterocycles. The predicted octanol–water partition coefficient (Wildman–Crippen LogP) is 2.37. The fraction of sp³-hybridized carbons (Fsp3) is 0.714. The Kier molecular flexibility index (Phi) is 3.83. The van der Waals surface area contributed by atoms with Gasteiger partial charge in [0.2, 0.25) is 5.75 Å². The molecule has 1 N–H and O–H groups in total. The van der Waals surface area contributed by atoms with Crippen molar-refractivity contribution in [2.75, 3.05) is 7.11 Å². The molecule has 2 rings (SSSR count). The quantitative estimate of drug-likeness (QED) is 0.912. The van der Waals surface area contributed by atoms with E-state index in [0.717, 1.165) is 12.8 Å². The fourth-order valence-electron chi connectivity index (χ4n) is 3.14. The van der Waals surface area contributed by atoms with Crippen molar-refractivity contribution in [3.63, 3.8) is 0 Å². The summed E-state index contributed by atoms with van der Waals surface area (Å²) >= 11 is 0. The third-order valence-corrected chi connectivity index (χ3v) is 3.61. The van der Waals surface area contributed by atoms with Crippen molar-refractivity contribution >= 4 is 0 Å². The largest absolute Gasteiger partial charge is 0.487 e. The molecular weight excluding hydrogens is 244 g/mol. The summed E-state index contributed by atoms with van der Waals surface area (Å²) in [6.45, 7) is 6.74. The monoisotopic (exact) mass is 266 g/mol. The van der Waals surface area contributed by atoms with E-state index >= 15 is 0 Å². The van der Waals surface area contributed by atoms with Crippen LogP contribution >= 0.6 is 0 Å². The average molecular weight is 266 g/mol. The number of rotatable bonds is 3. The highest BCUT2D eigenvalue weighted by Crippen LogP contribution is 2.40. The average Bonchev–Trinajstić information content (AvgIpc) is 2.26. The number of methoxy groups -OCH3 is 1. The molecule has 0 radical (unpaired) electrons. The normalized spacial score (nSPS) is 25.9. The van der Waals surface area contributed by atoms with Crippen LogP contribution in [0.15, 0.2) is 11.1 Å². The van der Waals surface area contributed by atoms with Crippen molar-refractivity contribution in [1.82, 2.24) is 9.97 Å². The van der Waals surface area contributed by atoms with E-state index in [1.54, 1.807) is 0 Å². The second-order valence-corrected chi connectivity index (χ2v) is 6.22. The highest BCUT2D eigenvalue weighted by molar-refractivity contribution is 5.29. The van der Waals surface area contributed by atoms with E-state index < -0.39 is 0 Å². The van der Waals surface area contributed by atoms with Crippen LogP contribution in [0.3, 0.4) is 0 Å². The highest BCUT2D eigenvalue weighted by Gasteiger charge is 2.33. The predicted molar refractivity (Wildman–Crippen MR) is 72.6 cm³/mol. The van der Waals surface area contributed by atoms with Crippen LogP contribution in [0.4, 0.5) is 0 Å². The number of hydrogen-bond acceptors (Lipinski definition) is 4. The van der Waals surface area contributed by atoms with Crippen LogP contribution in [0.5, 0.6) is 11.6 Å². The first-order valence-corrected chi connectivity index (χ1v) is 6.69. The molecule has 1 aliphatic rings. The van der Waals surface area contributed by atoms with Gasteiger partial charge in [-0.15, -0.1) is 0 Å². The SMILES string of the molecule is COc1c(OC2CC(C)CC(C)(C)C2)nc[nH]c1=O. The van der Waals surface area contributed by atoms with Crippen molar-refractivity contribution in [2.24, 2.45) is 11.3 Å². The van der Waals surface area contributed by atoms with E-state index in [-0.39, 0.29) is 22.8 Å². The standard InChI is InChI=1S/C14H22N2O3/c1-9-5-10(7-14(2,3)6-9)19-13-11(18-4)12(17)15-8-16-13/h8-10H,5-7H2,1-4H3,(H,15,16,17). The van der Waals surface area contributed by atoms with Crippen molar-refractivity contribution < 1.29 is 9.47 Å². The molecular formula is C14H22N2O3. The van der Waals surface area contributed by atoms with Crippen LogP contribution in [-0.4, -0.2) is 23.2 Å². The summed E-state index contributed by atoms with van der Waals surface area (Å²) in [6, 6.07) is 0. The maximum Gasteiger partial charge on any atom is 0.297 e. The lowest BCUT2D eigenvalue weighted by molar-refractivity contribution is 0.0509. The van der Waals surface area contributed by atoms with Crippen LogP contribution in [0, 0.1) is 11.3 Å². The lowest BCUT2D eigenvalue weighted by Gasteiger charge is -2.38. The minimum absolute atomic E-state index is 0.0851. The fourth-order valence-corrected chi connectivity index (χ4v) is 3.14. The van der Waals surface area contributed by atoms with Crippen LogP contribution < -0.4 is 15.0 Å². The smallest absolute Gasteiger partial charge is 0.297 e. The zero-order chi connectivity index (χ0) is 14.0. The molecule has 1 fully saturated rings. The zero-order valence-electron chi connectivity index (χ0n) is 12.0. The van der Waals surface area contributed by atoms with E-state index in [0.29, 0.717) is 11.8 Å². The van der Waals surface area contributed by atoms with E-state index in [9.17, 15) is 4.79 Å². The van der Waals surface area contributed by atoms with Crippen LogP contribution in [0.1, 0.15) is 40.0 Å². The molecule has 0 saturated heterocycles. The number of aromatic amines is 1. The van der Waals surface area contributed by atoms with E-state index in [4.69, 9.17) is 9.47 Å². The van der Waals surface area contributed by atoms with E-state index in [1.807, 2.05) is 0 Å². The van der Waals surface area contributed by atoms with Crippen molar-refractivity contribution in [2.45, 2.75) is 46.1 Å². The summed E-state index contributed by atoms with van der Waals surface area (Å²) in [6.07, 6.45) is 4.59. The van der Waals surface area contributed by atoms with Gasteiger partial charge in [0, 0.05) is 0 Å². The Bertz CT molecular complexity index is 496. The lowest BCUT2D eigenvalue weighted by Crippen LogP contribution is -2.34. The Morgan fingerprint density at radius 2 is 2.16 bits per heavy atom. The summed E-state index contributed by atoms with van der Waals surface area (Å²) in [4.78, 5) is 18.2. The van der Waals surface area contributed by atoms with Crippen molar-refractivity contribution in [1.29, 1.82) is 0 Å². The lowest BCUT2D eigenvalue weighted by atomic mass is 9.71. The molecule has 106 valence electrons. The highest BCUT2D eigenvalue weighted by atomic mass is 16.5. The molecule has 0 aliphatic heterocycles. The summed E-state index contributed by atoms with van der Waals surface area (Å²) in [5.74, 6) is 1.06. The number of hydrogen-bond donors (Lipinski definition) is 1. The summed E-state index contributed by atoms with van der Waals surface area (Å²) in [5.41, 5.74) is -0.0489. The van der Waals surface area contributed by atoms with Gasteiger partial charge >= 0.3 is 0 Å². The Balaban J connectivity index is 2.17. The second-order valence-electron chi connectivity index (χ2n) is 6.22. The van der Waals surface area contributed by atoms with Gasteiger partial charge in [0.1, 0.15) is 6.10 Å². The van der Waals surface area contributed by atoms with Gasteiger partial charge in [-0.05, 0) is 30.6 Å². The first-order chi connectivity index (χ1) is 8.91. The molecule has 5 nitrogen and oxygen atoms in total. The third-order valence-electron chi connectivity index (χ3n) is 3.61. The molecule has 0 bridgehead atoms. The van der Waals surface area contributed by atoms with Gasteiger partial charge in [0.25, 0.3) is 11.4 Å². The summed E-state index contributed by atoms with van der Waals surface area (Å²) in [7, 11) is 1.45. The maximum atomic E-state index is 11.6. The number of H-pyrrole nitrogens is 1. The Morgan fingerprint density at radius 1 is 1.42 bits per heavy atom. The molecule has 0 aromatic carbocycles. The minimum atomic E-state index is -0.310. The van der Waals surface area contributed by atoms with Crippen molar-refractivity contribution in [3.05, 3.63) is 16.7 Å². The minimum Gasteiger partial charge on any atom is -0.487 e. The number of nitrogens with zero attached hydrogens (tertiary/aromatic N) is 1. The summed E-state index contributed by atoms with van der Waals surface area (Å²) < 4.78 is 11.0. The number of aromatic nitrogens is 2. The number of ether oxygens (including phenoxy) is 2. The van der Waals surface area contributed by atoms with Gasteiger partial charge in [-0.1, -0.05) is 20.8 Å². The molecule has 0 spiro atoms. The molecule has 1 aliphatic carbocycles. The van der Waals surface area contributed by atoms with Gasteiger partial charge < -0.3 is 14.5 Å². The molecule has 1 aromatic rings. The third kappa shape index (κ3) is 3.28. The Morgan fingerprint density at radius 3 is 2.79 bits per heavy atom. The molecule has 5 heteroatoms. The first-order valence-electron chi connectivity index (χ1n) is 6.69. The number of nitrogens with one attached hydrogen (secondary N) is 1. The molecule has 19 heavy (non-hydrogen) atoms. The molecule has 2 atom stereocenters. The van der Waals surface area contributed by atoms with Gasteiger partial charge in [0.15, 0.2) is 0 Å². The Hall–Kier alpha value is -1.52.